The highest BCUT2D eigenvalue weighted by molar-refractivity contribution is 5.78. The van der Waals surface area contributed by atoms with Crippen LogP contribution in [0, 0.1) is 0 Å². The molecule has 2 aromatic carbocycles. The molecule has 0 atom stereocenters. The molecule has 0 fully saturated rings. The lowest BCUT2D eigenvalue weighted by Gasteiger charge is -2.17. The van der Waals surface area contributed by atoms with Crippen LogP contribution in [-0.4, -0.2) is 58.5 Å². The van der Waals surface area contributed by atoms with Crippen LogP contribution in [0.3, 0.4) is 0 Å². The number of nitrogens with one attached hydrogen (secondary N) is 1. The number of ether oxygens (including phenoxy) is 4. The smallest absolute Gasteiger partial charge is 0.231 e. The zero-order valence-electron chi connectivity index (χ0n) is 19.1. The van der Waals surface area contributed by atoms with Gasteiger partial charge in [0, 0.05) is 19.5 Å². The van der Waals surface area contributed by atoms with Crippen LogP contribution in [0.4, 0.5) is 0 Å². The van der Waals surface area contributed by atoms with E-state index in [1.54, 1.807) is 14.2 Å². The van der Waals surface area contributed by atoms with Gasteiger partial charge in [0.2, 0.25) is 12.7 Å². The van der Waals surface area contributed by atoms with Crippen molar-refractivity contribution in [1.82, 2.24) is 10.2 Å². The third-order valence-electron chi connectivity index (χ3n) is 5.28. The second kappa shape index (κ2) is 12.0. The van der Waals surface area contributed by atoms with Crippen molar-refractivity contribution < 1.29 is 23.7 Å². The number of benzene rings is 2. The summed E-state index contributed by atoms with van der Waals surface area (Å²) < 4.78 is 21.3. The van der Waals surface area contributed by atoms with Crippen LogP contribution < -0.4 is 24.3 Å². The van der Waals surface area contributed by atoms with Crippen LogP contribution in [0.2, 0.25) is 0 Å². The lowest BCUT2D eigenvalue weighted by atomic mass is 10.1. The Balaban J connectivity index is 1.29. The van der Waals surface area contributed by atoms with Crippen LogP contribution in [0.25, 0.3) is 6.08 Å². The number of hydrogen-bond acceptors (Lipinski definition) is 6. The highest BCUT2D eigenvalue weighted by atomic mass is 16.7. The van der Waals surface area contributed by atoms with E-state index in [0.717, 1.165) is 54.5 Å². The lowest BCUT2D eigenvalue weighted by molar-refractivity contribution is -0.120. The fourth-order valence-electron chi connectivity index (χ4n) is 3.44. The Labute approximate surface area is 189 Å². The molecule has 1 aliphatic heterocycles. The maximum absolute atomic E-state index is 12.0. The largest absolute Gasteiger partial charge is 0.493 e. The number of amides is 1. The van der Waals surface area contributed by atoms with E-state index in [9.17, 15) is 4.79 Å². The van der Waals surface area contributed by atoms with Crippen molar-refractivity contribution in [2.75, 3.05) is 47.7 Å². The fourth-order valence-corrected chi connectivity index (χ4v) is 3.44. The summed E-state index contributed by atoms with van der Waals surface area (Å²) in [7, 11) is 5.38. The predicted molar refractivity (Wildman–Crippen MR) is 125 cm³/mol. The molecule has 0 unspecified atom stereocenters. The Hall–Kier alpha value is -3.19. The number of likely N-dealkylation sites (N-methyl/N-ethyl adjacent to an activating group) is 1. The van der Waals surface area contributed by atoms with E-state index in [0.29, 0.717) is 13.0 Å². The molecule has 0 bridgehead atoms. The molecule has 2 aromatic rings. The molecular formula is C25H32N2O5. The molecule has 0 saturated carbocycles. The second-order valence-electron chi connectivity index (χ2n) is 7.67. The average Bonchev–Trinajstić information content (AvgIpc) is 3.28. The standard InChI is InChI=1S/C25H32N2O5/c1-27(15-12-20-8-10-21(29-2)23(16-20)30-3)14-5-13-26-25(28)7-4-6-19-9-11-22-24(17-19)32-18-31-22/h4,6,8-11,16-17H,5,7,12-15,18H2,1-3H3,(H,26,28). The first kappa shape index (κ1) is 23.5. The van der Waals surface area contributed by atoms with Crippen LogP contribution in [0.5, 0.6) is 23.0 Å². The molecule has 32 heavy (non-hydrogen) atoms. The molecule has 1 amide bonds. The van der Waals surface area contributed by atoms with Gasteiger partial charge >= 0.3 is 0 Å². The van der Waals surface area contributed by atoms with Crippen molar-refractivity contribution in [2.24, 2.45) is 0 Å². The topological polar surface area (TPSA) is 69.3 Å². The maximum Gasteiger partial charge on any atom is 0.231 e. The molecule has 0 aromatic heterocycles. The van der Waals surface area contributed by atoms with Gasteiger partial charge in [-0.25, -0.2) is 0 Å². The second-order valence-corrected chi connectivity index (χ2v) is 7.67. The molecule has 172 valence electrons. The van der Waals surface area contributed by atoms with Gasteiger partial charge in [-0.1, -0.05) is 24.3 Å². The normalized spacial score (nSPS) is 12.4. The van der Waals surface area contributed by atoms with Gasteiger partial charge in [0.05, 0.1) is 14.2 Å². The summed E-state index contributed by atoms with van der Waals surface area (Å²) in [5.74, 6) is 3.02. The SMILES string of the molecule is COc1ccc(CCN(C)CCCNC(=O)CC=Cc2ccc3c(c2)OCO3)cc1OC. The molecule has 1 N–H and O–H groups in total. The quantitative estimate of drug-likeness (QED) is 0.510. The number of carbonyl (C=O) groups is 1. The number of nitrogens with zero attached hydrogens (tertiary/aromatic N) is 1. The fraction of sp³-hybridized carbons (Fsp3) is 0.400. The van der Waals surface area contributed by atoms with Crippen LogP contribution in [-0.2, 0) is 11.2 Å². The van der Waals surface area contributed by atoms with E-state index in [1.807, 2.05) is 42.5 Å². The van der Waals surface area contributed by atoms with Crippen molar-refractivity contribution in [2.45, 2.75) is 19.3 Å². The van der Waals surface area contributed by atoms with E-state index in [4.69, 9.17) is 18.9 Å². The first-order valence-electron chi connectivity index (χ1n) is 10.8. The molecule has 7 nitrogen and oxygen atoms in total. The van der Waals surface area contributed by atoms with E-state index in [-0.39, 0.29) is 12.7 Å². The van der Waals surface area contributed by atoms with E-state index in [1.165, 1.54) is 5.56 Å². The summed E-state index contributed by atoms with van der Waals surface area (Å²) in [5.41, 5.74) is 2.19. The Morgan fingerprint density at radius 3 is 2.69 bits per heavy atom. The predicted octanol–water partition coefficient (Wildman–Crippen LogP) is 3.52. The Bertz CT molecular complexity index is 929. The van der Waals surface area contributed by atoms with Gasteiger partial charge in [0.15, 0.2) is 23.0 Å². The number of hydrogen-bond donors (Lipinski definition) is 1. The van der Waals surface area contributed by atoms with Crippen molar-refractivity contribution in [1.29, 1.82) is 0 Å². The molecule has 0 radical (unpaired) electrons. The van der Waals surface area contributed by atoms with Gasteiger partial charge in [0.1, 0.15) is 0 Å². The molecule has 0 saturated heterocycles. The van der Waals surface area contributed by atoms with Gasteiger partial charge in [0.25, 0.3) is 0 Å². The summed E-state index contributed by atoms with van der Waals surface area (Å²) >= 11 is 0. The number of fused-ring (bicyclic) bond motifs is 1. The van der Waals surface area contributed by atoms with Crippen LogP contribution in [0.1, 0.15) is 24.0 Å². The number of methoxy groups -OCH3 is 2. The zero-order valence-corrected chi connectivity index (χ0v) is 19.1. The van der Waals surface area contributed by atoms with E-state index < -0.39 is 0 Å². The minimum atomic E-state index is 0.0231. The summed E-state index contributed by atoms with van der Waals surface area (Å²) in [5, 5.41) is 2.98. The van der Waals surface area contributed by atoms with Gasteiger partial charge in [-0.05, 0) is 61.8 Å². The zero-order chi connectivity index (χ0) is 22.8. The number of rotatable bonds is 12. The Morgan fingerprint density at radius 1 is 1.06 bits per heavy atom. The summed E-state index contributed by atoms with van der Waals surface area (Å²) in [6.45, 7) is 2.77. The monoisotopic (exact) mass is 440 g/mol. The Morgan fingerprint density at radius 2 is 1.88 bits per heavy atom. The van der Waals surface area contributed by atoms with Crippen molar-refractivity contribution >= 4 is 12.0 Å². The molecule has 1 aliphatic rings. The Kier molecular flexibility index (Phi) is 8.80. The molecule has 0 aliphatic carbocycles. The van der Waals surface area contributed by atoms with Gasteiger partial charge < -0.3 is 29.2 Å². The minimum absolute atomic E-state index is 0.0231. The molecule has 0 spiro atoms. The lowest BCUT2D eigenvalue weighted by Crippen LogP contribution is -2.28. The highest BCUT2D eigenvalue weighted by Crippen LogP contribution is 2.32. The highest BCUT2D eigenvalue weighted by Gasteiger charge is 2.12. The first-order valence-corrected chi connectivity index (χ1v) is 10.8. The molecule has 7 heteroatoms. The minimum Gasteiger partial charge on any atom is -0.493 e. The maximum atomic E-state index is 12.0. The van der Waals surface area contributed by atoms with Crippen molar-refractivity contribution in [3.8, 4) is 23.0 Å². The van der Waals surface area contributed by atoms with Gasteiger partial charge in [-0.15, -0.1) is 0 Å². The van der Waals surface area contributed by atoms with Gasteiger partial charge in [-0.2, -0.15) is 0 Å². The first-order chi connectivity index (χ1) is 15.6. The third kappa shape index (κ3) is 6.92. The van der Waals surface area contributed by atoms with E-state index in [2.05, 4.69) is 23.3 Å². The van der Waals surface area contributed by atoms with E-state index >= 15 is 0 Å². The van der Waals surface area contributed by atoms with Crippen LogP contribution >= 0.6 is 0 Å². The molecule has 3 rings (SSSR count). The average molecular weight is 441 g/mol. The summed E-state index contributed by atoms with van der Waals surface area (Å²) in [6.07, 6.45) is 5.96. The van der Waals surface area contributed by atoms with Crippen molar-refractivity contribution in [3.63, 3.8) is 0 Å². The van der Waals surface area contributed by atoms with Gasteiger partial charge in [-0.3, -0.25) is 4.79 Å². The summed E-state index contributed by atoms with van der Waals surface area (Å²) in [4.78, 5) is 14.3. The number of carbonyl (C=O) groups excluding carboxylic acids is 1. The van der Waals surface area contributed by atoms with Crippen LogP contribution in [0.15, 0.2) is 42.5 Å². The summed E-state index contributed by atoms with van der Waals surface area (Å²) in [6, 6.07) is 11.7. The van der Waals surface area contributed by atoms with Crippen molar-refractivity contribution in [3.05, 3.63) is 53.6 Å². The molecular weight excluding hydrogens is 408 g/mol. The molecule has 1 heterocycles. The third-order valence-corrected chi connectivity index (χ3v) is 5.28.